The molecule has 1 saturated carbocycles. The van der Waals surface area contributed by atoms with E-state index in [0.29, 0.717) is 12.3 Å². The molecule has 1 aliphatic carbocycles. The van der Waals surface area contributed by atoms with E-state index in [4.69, 9.17) is 0 Å². The van der Waals surface area contributed by atoms with Gasteiger partial charge in [-0.15, -0.1) is 0 Å². The Bertz CT molecular complexity index is 818. The van der Waals surface area contributed by atoms with E-state index >= 15 is 0 Å². The quantitative estimate of drug-likeness (QED) is 0.630. The summed E-state index contributed by atoms with van der Waals surface area (Å²) in [7, 11) is 2.14. The predicted molar refractivity (Wildman–Crippen MR) is 133 cm³/mol. The van der Waals surface area contributed by atoms with E-state index in [2.05, 4.69) is 53.5 Å². The van der Waals surface area contributed by atoms with Crippen molar-refractivity contribution in [3.63, 3.8) is 0 Å². The SMILES string of the molecule is C=Cc1ccc(C2CCN(CC3CCCCC3)CC2)cc1CN(C)C1CCC(=O)NC1=C. The molecule has 3 aliphatic rings. The smallest absolute Gasteiger partial charge is 0.224 e. The molecule has 2 aliphatic heterocycles. The zero-order valence-corrected chi connectivity index (χ0v) is 20.0. The molecule has 0 spiro atoms. The number of rotatable bonds is 7. The second-order valence-electron chi connectivity index (χ2n) is 10.3. The molecule has 1 unspecified atom stereocenters. The van der Waals surface area contributed by atoms with E-state index in [1.54, 1.807) is 0 Å². The van der Waals surface area contributed by atoms with Crippen molar-refractivity contribution in [2.75, 3.05) is 26.7 Å². The predicted octanol–water partition coefficient (Wildman–Crippen LogP) is 5.31. The minimum atomic E-state index is 0.0863. The van der Waals surface area contributed by atoms with Crippen molar-refractivity contribution in [2.24, 2.45) is 5.92 Å². The number of amides is 1. The van der Waals surface area contributed by atoms with E-state index in [-0.39, 0.29) is 11.9 Å². The Morgan fingerprint density at radius 2 is 1.88 bits per heavy atom. The Morgan fingerprint density at radius 3 is 2.56 bits per heavy atom. The normalized spacial score (nSPS) is 24.0. The summed E-state index contributed by atoms with van der Waals surface area (Å²) >= 11 is 0. The van der Waals surface area contributed by atoms with Gasteiger partial charge in [-0.1, -0.05) is 56.7 Å². The fourth-order valence-electron chi connectivity index (χ4n) is 6.03. The van der Waals surface area contributed by atoms with Crippen LogP contribution in [0.5, 0.6) is 0 Å². The lowest BCUT2D eigenvalue weighted by Gasteiger charge is -2.36. The van der Waals surface area contributed by atoms with Crippen LogP contribution in [0.15, 0.2) is 37.1 Å². The monoisotopic (exact) mass is 435 g/mol. The third kappa shape index (κ3) is 5.71. The van der Waals surface area contributed by atoms with Crippen LogP contribution >= 0.6 is 0 Å². The number of hydrogen-bond acceptors (Lipinski definition) is 3. The highest BCUT2D eigenvalue weighted by Gasteiger charge is 2.27. The number of nitrogens with zero attached hydrogens (tertiary/aromatic N) is 2. The van der Waals surface area contributed by atoms with Gasteiger partial charge in [-0.25, -0.2) is 0 Å². The Balaban J connectivity index is 1.37. The molecule has 174 valence electrons. The summed E-state index contributed by atoms with van der Waals surface area (Å²) in [6.45, 7) is 12.8. The maximum Gasteiger partial charge on any atom is 0.224 e. The number of likely N-dealkylation sites (N-methyl/N-ethyl adjacent to an activating group) is 1. The van der Waals surface area contributed by atoms with Crippen molar-refractivity contribution in [3.05, 3.63) is 53.7 Å². The van der Waals surface area contributed by atoms with Gasteiger partial charge >= 0.3 is 0 Å². The Labute approximate surface area is 194 Å². The summed E-state index contributed by atoms with van der Waals surface area (Å²) in [5, 5.41) is 2.92. The van der Waals surface area contributed by atoms with Crippen LogP contribution in [0, 0.1) is 5.92 Å². The van der Waals surface area contributed by atoms with E-state index in [1.807, 2.05) is 6.08 Å². The van der Waals surface area contributed by atoms with Gasteiger partial charge in [0.1, 0.15) is 0 Å². The van der Waals surface area contributed by atoms with E-state index in [1.165, 1.54) is 81.3 Å². The first-order chi connectivity index (χ1) is 15.5. The highest BCUT2D eigenvalue weighted by atomic mass is 16.1. The van der Waals surface area contributed by atoms with Gasteiger partial charge in [-0.2, -0.15) is 0 Å². The maximum absolute atomic E-state index is 11.6. The Hall–Kier alpha value is -1.91. The fourth-order valence-corrected chi connectivity index (χ4v) is 6.03. The third-order valence-electron chi connectivity index (χ3n) is 7.99. The summed E-state index contributed by atoms with van der Waals surface area (Å²) in [5.41, 5.74) is 4.84. The first-order valence-corrected chi connectivity index (χ1v) is 12.7. The second-order valence-corrected chi connectivity index (χ2v) is 10.3. The first-order valence-electron chi connectivity index (χ1n) is 12.7. The number of hydrogen-bond donors (Lipinski definition) is 1. The third-order valence-corrected chi connectivity index (χ3v) is 7.99. The molecule has 1 amide bonds. The van der Waals surface area contributed by atoms with Crippen molar-refractivity contribution in [3.8, 4) is 0 Å². The highest BCUT2D eigenvalue weighted by Crippen LogP contribution is 2.32. The molecule has 1 atom stereocenters. The number of piperidine rings is 2. The van der Waals surface area contributed by atoms with Crippen molar-refractivity contribution in [1.29, 1.82) is 0 Å². The lowest BCUT2D eigenvalue weighted by atomic mass is 9.85. The molecular weight excluding hydrogens is 394 g/mol. The summed E-state index contributed by atoms with van der Waals surface area (Å²) < 4.78 is 0. The average Bonchev–Trinajstić information content (AvgIpc) is 2.80. The van der Waals surface area contributed by atoms with Crippen LogP contribution < -0.4 is 5.32 Å². The molecule has 4 rings (SSSR count). The second kappa shape index (κ2) is 10.8. The van der Waals surface area contributed by atoms with Gasteiger partial charge < -0.3 is 10.2 Å². The van der Waals surface area contributed by atoms with Gasteiger partial charge in [0.05, 0.1) is 0 Å². The number of benzene rings is 1. The van der Waals surface area contributed by atoms with E-state index in [9.17, 15) is 4.79 Å². The standard InChI is InChI=1S/C28H41N3O/c1-4-23-10-11-25(18-26(23)20-30(3)27-12-13-28(32)29-21(27)2)24-14-16-31(17-15-24)19-22-8-6-5-7-9-22/h4,10-11,18,22,24,27H,1-2,5-9,12-17,19-20H2,3H3,(H,29,32). The zero-order chi connectivity index (χ0) is 22.5. The summed E-state index contributed by atoms with van der Waals surface area (Å²) in [6.07, 6.45) is 13.1. The molecule has 1 aromatic rings. The highest BCUT2D eigenvalue weighted by molar-refractivity contribution is 5.79. The fraction of sp³-hybridized carbons (Fsp3) is 0.607. The molecule has 4 heteroatoms. The van der Waals surface area contributed by atoms with Crippen LogP contribution in [-0.2, 0) is 11.3 Å². The largest absolute Gasteiger partial charge is 0.329 e. The minimum Gasteiger partial charge on any atom is -0.329 e. The molecule has 1 N–H and O–H groups in total. The summed E-state index contributed by atoms with van der Waals surface area (Å²) in [5.74, 6) is 1.68. The molecule has 0 radical (unpaired) electrons. The zero-order valence-electron chi connectivity index (χ0n) is 20.0. The van der Waals surface area contributed by atoms with Crippen molar-refractivity contribution < 1.29 is 4.79 Å². The first kappa shape index (κ1) is 23.3. The van der Waals surface area contributed by atoms with Gasteiger partial charge in [0, 0.05) is 31.2 Å². The van der Waals surface area contributed by atoms with Crippen LogP contribution in [0.1, 0.15) is 80.4 Å². The Morgan fingerprint density at radius 1 is 1.12 bits per heavy atom. The molecule has 0 aromatic heterocycles. The lowest BCUT2D eigenvalue weighted by Crippen LogP contribution is -2.43. The van der Waals surface area contributed by atoms with Crippen molar-refractivity contribution in [2.45, 2.75) is 76.3 Å². The molecule has 4 nitrogen and oxygen atoms in total. The lowest BCUT2D eigenvalue weighted by molar-refractivity contribution is -0.121. The number of likely N-dealkylation sites (tertiary alicyclic amines) is 1. The Kier molecular flexibility index (Phi) is 7.85. The molecule has 32 heavy (non-hydrogen) atoms. The summed E-state index contributed by atoms with van der Waals surface area (Å²) in [6, 6.07) is 7.18. The summed E-state index contributed by atoms with van der Waals surface area (Å²) in [4.78, 5) is 16.7. The van der Waals surface area contributed by atoms with E-state index in [0.717, 1.165) is 24.6 Å². The van der Waals surface area contributed by atoms with Gasteiger partial charge in [-0.05, 0) is 80.8 Å². The van der Waals surface area contributed by atoms with Crippen LogP contribution in [0.25, 0.3) is 6.08 Å². The van der Waals surface area contributed by atoms with Crippen molar-refractivity contribution >= 4 is 12.0 Å². The van der Waals surface area contributed by atoms with Gasteiger partial charge in [0.25, 0.3) is 0 Å². The molecule has 3 fully saturated rings. The number of carbonyl (C=O) groups excluding carboxylic acids is 1. The molecule has 0 bridgehead atoms. The van der Waals surface area contributed by atoms with Crippen LogP contribution in [-0.4, -0.2) is 48.4 Å². The van der Waals surface area contributed by atoms with Gasteiger partial charge in [0.15, 0.2) is 0 Å². The molecule has 1 aromatic carbocycles. The van der Waals surface area contributed by atoms with Gasteiger partial charge in [-0.3, -0.25) is 9.69 Å². The van der Waals surface area contributed by atoms with E-state index < -0.39 is 0 Å². The topological polar surface area (TPSA) is 35.6 Å². The molecule has 2 saturated heterocycles. The average molecular weight is 436 g/mol. The molecular formula is C28H41N3O. The van der Waals surface area contributed by atoms with Crippen LogP contribution in [0.4, 0.5) is 0 Å². The molecule has 2 heterocycles. The minimum absolute atomic E-state index is 0.0863. The van der Waals surface area contributed by atoms with Crippen LogP contribution in [0.2, 0.25) is 0 Å². The van der Waals surface area contributed by atoms with Crippen molar-refractivity contribution in [1.82, 2.24) is 15.1 Å². The number of carbonyl (C=O) groups is 1. The number of nitrogens with one attached hydrogen (secondary N) is 1. The maximum atomic E-state index is 11.6. The van der Waals surface area contributed by atoms with Gasteiger partial charge in [0.2, 0.25) is 5.91 Å². The van der Waals surface area contributed by atoms with Crippen LogP contribution in [0.3, 0.4) is 0 Å².